The highest BCUT2D eigenvalue weighted by atomic mass is 16.5. The van der Waals surface area contributed by atoms with Crippen LogP contribution < -0.4 is 0 Å². The van der Waals surface area contributed by atoms with E-state index >= 15 is 0 Å². The predicted octanol–water partition coefficient (Wildman–Crippen LogP) is 1.97. The van der Waals surface area contributed by atoms with Crippen LogP contribution in [-0.2, 0) is 16.0 Å². The number of hydrogen-bond acceptors (Lipinski definition) is 5. The van der Waals surface area contributed by atoms with E-state index in [1.54, 1.807) is 4.68 Å². The van der Waals surface area contributed by atoms with Gasteiger partial charge in [-0.3, -0.25) is 0 Å². The Balaban J connectivity index is 1.97. The molecule has 6 nitrogen and oxygen atoms in total. The monoisotopic (exact) mass is 281 g/mol. The first-order chi connectivity index (χ1) is 9.58. The van der Waals surface area contributed by atoms with E-state index in [1.165, 1.54) is 6.42 Å². The Kier molecular flexibility index (Phi) is 5.11. The fourth-order valence-corrected chi connectivity index (χ4v) is 2.18. The van der Waals surface area contributed by atoms with E-state index in [0.717, 1.165) is 25.1 Å². The molecule has 1 aliphatic heterocycles. The van der Waals surface area contributed by atoms with E-state index in [4.69, 9.17) is 9.47 Å². The maximum absolute atomic E-state index is 11.9. The zero-order valence-corrected chi connectivity index (χ0v) is 12.5. The molecule has 0 aromatic carbocycles. The van der Waals surface area contributed by atoms with E-state index < -0.39 is 5.97 Å². The lowest BCUT2D eigenvalue weighted by molar-refractivity contribution is 0.00333. The van der Waals surface area contributed by atoms with Crippen molar-refractivity contribution in [1.82, 2.24) is 15.0 Å². The highest BCUT2D eigenvalue weighted by Crippen LogP contribution is 2.16. The molecular weight excluding hydrogens is 258 g/mol. The van der Waals surface area contributed by atoms with Crippen LogP contribution in [0, 0.1) is 12.8 Å². The van der Waals surface area contributed by atoms with Gasteiger partial charge in [0.2, 0.25) is 0 Å². The minimum Gasteiger partial charge on any atom is -0.461 e. The molecule has 1 aromatic rings. The standard InChI is InChI=1S/C14H23N3O3/c1-10(2)9-20-14(18)13-11(3)17(16-15-13)8-12-6-4-5-7-19-12/h10,12H,4-9H2,1-3H3. The Labute approximate surface area is 119 Å². The van der Waals surface area contributed by atoms with E-state index in [-0.39, 0.29) is 6.10 Å². The molecular formula is C14H23N3O3. The van der Waals surface area contributed by atoms with Gasteiger partial charge in [-0.1, -0.05) is 19.1 Å². The first-order valence-electron chi connectivity index (χ1n) is 7.26. The molecule has 0 N–H and O–H groups in total. The molecule has 0 saturated carbocycles. The fraction of sp³-hybridized carbons (Fsp3) is 0.786. The Hall–Kier alpha value is -1.43. The number of esters is 1. The Bertz CT molecular complexity index is 451. The van der Waals surface area contributed by atoms with Gasteiger partial charge in [0.05, 0.1) is 24.9 Å². The number of rotatable bonds is 5. The van der Waals surface area contributed by atoms with Crippen LogP contribution in [-0.4, -0.2) is 40.3 Å². The first kappa shape index (κ1) is 15.0. The quantitative estimate of drug-likeness (QED) is 0.772. The lowest BCUT2D eigenvalue weighted by Gasteiger charge is -2.22. The Morgan fingerprint density at radius 3 is 2.95 bits per heavy atom. The maximum Gasteiger partial charge on any atom is 0.360 e. The van der Waals surface area contributed by atoms with Gasteiger partial charge in [0.1, 0.15) is 0 Å². The van der Waals surface area contributed by atoms with Gasteiger partial charge in [-0.15, -0.1) is 5.10 Å². The van der Waals surface area contributed by atoms with Crippen molar-refractivity contribution in [1.29, 1.82) is 0 Å². The molecule has 0 radical (unpaired) electrons. The van der Waals surface area contributed by atoms with Gasteiger partial charge in [0, 0.05) is 6.61 Å². The third-order valence-electron chi connectivity index (χ3n) is 3.37. The highest BCUT2D eigenvalue weighted by molar-refractivity contribution is 5.88. The van der Waals surface area contributed by atoms with Gasteiger partial charge in [-0.2, -0.15) is 0 Å². The molecule has 2 rings (SSSR count). The second-order valence-corrected chi connectivity index (χ2v) is 5.69. The van der Waals surface area contributed by atoms with Gasteiger partial charge in [0.15, 0.2) is 5.69 Å². The molecule has 112 valence electrons. The molecule has 6 heteroatoms. The van der Waals surface area contributed by atoms with Crippen molar-refractivity contribution in [2.24, 2.45) is 5.92 Å². The van der Waals surface area contributed by atoms with Crippen LogP contribution >= 0.6 is 0 Å². The van der Waals surface area contributed by atoms with Crippen LogP contribution in [0.2, 0.25) is 0 Å². The van der Waals surface area contributed by atoms with Crippen molar-refractivity contribution in [3.63, 3.8) is 0 Å². The molecule has 1 fully saturated rings. The largest absolute Gasteiger partial charge is 0.461 e. The molecule has 0 bridgehead atoms. The smallest absolute Gasteiger partial charge is 0.360 e. The van der Waals surface area contributed by atoms with Gasteiger partial charge in [0.25, 0.3) is 0 Å². The molecule has 1 aromatic heterocycles. The second kappa shape index (κ2) is 6.83. The summed E-state index contributed by atoms with van der Waals surface area (Å²) in [7, 11) is 0. The Morgan fingerprint density at radius 1 is 1.50 bits per heavy atom. The van der Waals surface area contributed by atoms with Gasteiger partial charge in [-0.25, -0.2) is 9.48 Å². The molecule has 0 amide bonds. The molecule has 0 spiro atoms. The number of carbonyl (C=O) groups excluding carboxylic acids is 1. The van der Waals surface area contributed by atoms with E-state index in [1.807, 2.05) is 20.8 Å². The lowest BCUT2D eigenvalue weighted by atomic mass is 10.1. The molecule has 1 aliphatic rings. The third kappa shape index (κ3) is 3.79. The zero-order chi connectivity index (χ0) is 14.5. The summed E-state index contributed by atoms with van der Waals surface area (Å²) < 4.78 is 12.6. The predicted molar refractivity (Wildman–Crippen MR) is 73.5 cm³/mol. The van der Waals surface area contributed by atoms with Crippen LogP contribution in [0.5, 0.6) is 0 Å². The van der Waals surface area contributed by atoms with Crippen LogP contribution in [0.25, 0.3) is 0 Å². The minimum atomic E-state index is -0.396. The first-order valence-corrected chi connectivity index (χ1v) is 7.26. The van der Waals surface area contributed by atoms with E-state index in [0.29, 0.717) is 24.8 Å². The van der Waals surface area contributed by atoms with Crippen LogP contribution in [0.3, 0.4) is 0 Å². The van der Waals surface area contributed by atoms with Crippen LogP contribution in [0.1, 0.15) is 49.3 Å². The summed E-state index contributed by atoms with van der Waals surface area (Å²) in [5.74, 6) is -0.0862. The van der Waals surface area contributed by atoms with E-state index in [2.05, 4.69) is 10.3 Å². The average molecular weight is 281 g/mol. The molecule has 1 unspecified atom stereocenters. The number of aromatic nitrogens is 3. The molecule has 1 saturated heterocycles. The zero-order valence-electron chi connectivity index (χ0n) is 12.5. The topological polar surface area (TPSA) is 66.2 Å². The summed E-state index contributed by atoms with van der Waals surface area (Å²) in [5, 5.41) is 7.99. The molecule has 20 heavy (non-hydrogen) atoms. The van der Waals surface area contributed by atoms with Crippen molar-refractivity contribution in [2.75, 3.05) is 13.2 Å². The van der Waals surface area contributed by atoms with Crippen LogP contribution in [0.4, 0.5) is 0 Å². The average Bonchev–Trinajstić information content (AvgIpc) is 2.79. The van der Waals surface area contributed by atoms with Crippen LogP contribution in [0.15, 0.2) is 0 Å². The van der Waals surface area contributed by atoms with Crippen molar-refractivity contribution in [3.8, 4) is 0 Å². The Morgan fingerprint density at radius 2 is 2.30 bits per heavy atom. The fourth-order valence-electron chi connectivity index (χ4n) is 2.18. The second-order valence-electron chi connectivity index (χ2n) is 5.69. The molecule has 0 aliphatic carbocycles. The number of ether oxygens (including phenoxy) is 2. The summed E-state index contributed by atoms with van der Waals surface area (Å²) >= 11 is 0. The van der Waals surface area contributed by atoms with Crippen molar-refractivity contribution < 1.29 is 14.3 Å². The number of hydrogen-bond donors (Lipinski definition) is 0. The number of carbonyl (C=O) groups is 1. The normalized spacial score (nSPS) is 19.3. The highest BCUT2D eigenvalue weighted by Gasteiger charge is 2.21. The van der Waals surface area contributed by atoms with Crippen molar-refractivity contribution in [2.45, 2.75) is 52.7 Å². The van der Waals surface area contributed by atoms with Crippen molar-refractivity contribution in [3.05, 3.63) is 11.4 Å². The molecule has 1 atom stereocenters. The van der Waals surface area contributed by atoms with Gasteiger partial charge >= 0.3 is 5.97 Å². The maximum atomic E-state index is 11.9. The summed E-state index contributed by atoms with van der Waals surface area (Å²) in [6.45, 7) is 7.69. The lowest BCUT2D eigenvalue weighted by Crippen LogP contribution is -2.25. The summed E-state index contributed by atoms with van der Waals surface area (Å²) in [5.41, 5.74) is 1.05. The number of nitrogens with zero attached hydrogens (tertiary/aromatic N) is 3. The summed E-state index contributed by atoms with van der Waals surface area (Å²) in [6.07, 6.45) is 3.51. The van der Waals surface area contributed by atoms with E-state index in [9.17, 15) is 4.79 Å². The van der Waals surface area contributed by atoms with Gasteiger partial charge < -0.3 is 9.47 Å². The third-order valence-corrected chi connectivity index (χ3v) is 3.37. The SMILES string of the molecule is Cc1c(C(=O)OCC(C)C)nnn1CC1CCCCO1. The minimum absolute atomic E-state index is 0.170. The molecule has 2 heterocycles. The summed E-state index contributed by atoms with van der Waals surface area (Å²) in [4.78, 5) is 11.9. The summed E-state index contributed by atoms with van der Waals surface area (Å²) in [6, 6.07) is 0. The van der Waals surface area contributed by atoms with Gasteiger partial charge in [-0.05, 0) is 32.1 Å². The van der Waals surface area contributed by atoms with Crippen molar-refractivity contribution >= 4 is 5.97 Å².